The molecule has 0 amide bonds. The second-order valence-corrected chi connectivity index (χ2v) is 5.62. The molecule has 0 aliphatic rings. The van der Waals surface area contributed by atoms with Crippen molar-refractivity contribution in [2.45, 2.75) is 33.8 Å². The van der Waals surface area contributed by atoms with Crippen molar-refractivity contribution in [3.63, 3.8) is 0 Å². The molecule has 1 rings (SSSR count). The minimum atomic E-state index is -0.559. The van der Waals surface area contributed by atoms with Gasteiger partial charge in [-0.25, -0.2) is 0 Å². The van der Waals surface area contributed by atoms with E-state index in [-0.39, 0.29) is 12.5 Å². The third kappa shape index (κ3) is 6.16. The smallest absolute Gasteiger partial charge is 0.122 e. The summed E-state index contributed by atoms with van der Waals surface area (Å²) >= 11 is 0. The molecule has 0 saturated carbocycles. The number of hydrogen-bond acceptors (Lipinski definition) is 4. The zero-order chi connectivity index (χ0) is 15.8. The highest BCUT2D eigenvalue weighted by Gasteiger charge is 2.14. The van der Waals surface area contributed by atoms with E-state index in [1.165, 1.54) is 0 Å². The van der Waals surface area contributed by atoms with Gasteiger partial charge < -0.3 is 9.84 Å². The van der Waals surface area contributed by atoms with Crippen LogP contribution in [0.25, 0.3) is 0 Å². The lowest BCUT2D eigenvalue weighted by molar-refractivity contribution is 0.0673. The maximum Gasteiger partial charge on any atom is 0.122 e. The van der Waals surface area contributed by atoms with Gasteiger partial charge in [-0.1, -0.05) is 19.1 Å². The fourth-order valence-corrected chi connectivity index (χ4v) is 2.16. The summed E-state index contributed by atoms with van der Waals surface area (Å²) in [5, 5.41) is 19.0. The van der Waals surface area contributed by atoms with Crippen LogP contribution in [-0.4, -0.2) is 42.4 Å². The number of likely N-dealkylation sites (N-methyl/N-ethyl adjacent to an activating group) is 1. The average molecular weight is 290 g/mol. The monoisotopic (exact) mass is 290 g/mol. The number of aliphatic hydroxyl groups excluding tert-OH is 1. The van der Waals surface area contributed by atoms with Gasteiger partial charge in [-0.05, 0) is 44.5 Å². The highest BCUT2D eigenvalue weighted by Crippen LogP contribution is 2.19. The maximum absolute atomic E-state index is 10.1. The van der Waals surface area contributed by atoms with Crippen LogP contribution in [0.15, 0.2) is 18.2 Å². The highest BCUT2D eigenvalue weighted by atomic mass is 16.5. The van der Waals surface area contributed by atoms with Crippen molar-refractivity contribution in [3.05, 3.63) is 29.3 Å². The van der Waals surface area contributed by atoms with Crippen LogP contribution >= 0.6 is 0 Å². The molecule has 2 unspecified atom stereocenters. The topological polar surface area (TPSA) is 56.5 Å². The third-order valence-electron chi connectivity index (χ3n) is 3.44. The molecule has 116 valence electrons. The van der Waals surface area contributed by atoms with Crippen LogP contribution in [0.1, 0.15) is 25.0 Å². The molecule has 4 heteroatoms. The number of ether oxygens (including phenoxy) is 1. The zero-order valence-electron chi connectivity index (χ0n) is 13.5. The Labute approximate surface area is 128 Å². The Morgan fingerprint density at radius 1 is 1.33 bits per heavy atom. The van der Waals surface area contributed by atoms with Crippen molar-refractivity contribution in [3.8, 4) is 11.8 Å². The van der Waals surface area contributed by atoms with Gasteiger partial charge in [0.25, 0.3) is 0 Å². The third-order valence-corrected chi connectivity index (χ3v) is 3.44. The van der Waals surface area contributed by atoms with Crippen LogP contribution < -0.4 is 4.74 Å². The molecule has 0 saturated heterocycles. The van der Waals surface area contributed by atoms with Crippen molar-refractivity contribution in [2.75, 3.05) is 26.2 Å². The van der Waals surface area contributed by atoms with E-state index in [0.29, 0.717) is 13.1 Å². The van der Waals surface area contributed by atoms with Crippen LogP contribution in [0.4, 0.5) is 0 Å². The molecule has 4 nitrogen and oxygen atoms in total. The molecule has 0 aromatic heterocycles. The van der Waals surface area contributed by atoms with Crippen molar-refractivity contribution < 1.29 is 9.84 Å². The Morgan fingerprint density at radius 2 is 2.05 bits per heavy atom. The van der Waals surface area contributed by atoms with Crippen LogP contribution in [0.3, 0.4) is 0 Å². The minimum Gasteiger partial charge on any atom is -0.491 e. The molecule has 0 aliphatic carbocycles. The summed E-state index contributed by atoms with van der Waals surface area (Å²) in [5.74, 6) is 0.791. The molecule has 0 radical (unpaired) electrons. The molecule has 2 atom stereocenters. The molecule has 1 aromatic carbocycles. The Morgan fingerprint density at radius 3 is 2.67 bits per heavy atom. The molecule has 0 spiro atoms. The summed E-state index contributed by atoms with van der Waals surface area (Å²) < 4.78 is 5.71. The minimum absolute atomic E-state index is 0.0305. The molecule has 21 heavy (non-hydrogen) atoms. The fraction of sp³-hybridized carbons (Fsp3) is 0.588. The number of aliphatic hydroxyl groups is 1. The Balaban J connectivity index is 2.47. The van der Waals surface area contributed by atoms with Gasteiger partial charge in [0.05, 0.1) is 12.0 Å². The second kappa shape index (κ2) is 8.66. The van der Waals surface area contributed by atoms with Crippen molar-refractivity contribution in [1.29, 1.82) is 5.26 Å². The summed E-state index contributed by atoms with van der Waals surface area (Å²) in [5.41, 5.74) is 2.21. The molecule has 1 N–H and O–H groups in total. The first-order valence-corrected chi connectivity index (χ1v) is 7.46. The highest BCUT2D eigenvalue weighted by molar-refractivity contribution is 5.35. The van der Waals surface area contributed by atoms with Gasteiger partial charge in [-0.2, -0.15) is 5.26 Å². The predicted octanol–water partition coefficient (Wildman–Crippen LogP) is 2.52. The van der Waals surface area contributed by atoms with E-state index in [9.17, 15) is 5.11 Å². The van der Waals surface area contributed by atoms with E-state index in [1.807, 2.05) is 45.9 Å². The summed E-state index contributed by atoms with van der Waals surface area (Å²) in [4.78, 5) is 2.07. The van der Waals surface area contributed by atoms with Crippen molar-refractivity contribution in [1.82, 2.24) is 4.90 Å². The summed E-state index contributed by atoms with van der Waals surface area (Å²) in [6.45, 7) is 10.2. The Bertz CT molecular complexity index is 482. The summed E-state index contributed by atoms with van der Waals surface area (Å²) in [7, 11) is 0. The maximum atomic E-state index is 10.1. The number of hydrogen-bond donors (Lipinski definition) is 1. The van der Waals surface area contributed by atoms with Gasteiger partial charge in [0.1, 0.15) is 18.5 Å². The Kier molecular flexibility index (Phi) is 7.21. The van der Waals surface area contributed by atoms with Gasteiger partial charge in [0, 0.05) is 13.1 Å². The average Bonchev–Trinajstić information content (AvgIpc) is 2.47. The number of aryl methyl sites for hydroxylation is 2. The molecule has 0 bridgehead atoms. The predicted molar refractivity (Wildman–Crippen MR) is 84.3 cm³/mol. The summed E-state index contributed by atoms with van der Waals surface area (Å²) in [6.07, 6.45) is -0.559. The van der Waals surface area contributed by atoms with E-state index in [4.69, 9.17) is 10.00 Å². The largest absolute Gasteiger partial charge is 0.491 e. The fourth-order valence-electron chi connectivity index (χ4n) is 2.16. The van der Waals surface area contributed by atoms with Gasteiger partial charge >= 0.3 is 0 Å². The lowest BCUT2D eigenvalue weighted by Gasteiger charge is -2.24. The molecule has 0 fully saturated rings. The number of nitriles is 1. The second-order valence-electron chi connectivity index (χ2n) is 5.62. The lowest BCUT2D eigenvalue weighted by atomic mass is 10.1. The molecule has 0 heterocycles. The molecule has 0 aliphatic heterocycles. The van der Waals surface area contributed by atoms with Crippen LogP contribution in [-0.2, 0) is 0 Å². The quantitative estimate of drug-likeness (QED) is 0.799. The SMILES string of the molecule is CCN(CC(C)C#N)CC(O)COc1cc(C)ccc1C. The van der Waals surface area contributed by atoms with Crippen molar-refractivity contribution >= 4 is 0 Å². The van der Waals surface area contributed by atoms with E-state index >= 15 is 0 Å². The van der Waals surface area contributed by atoms with Crippen LogP contribution in [0.2, 0.25) is 0 Å². The van der Waals surface area contributed by atoms with E-state index in [0.717, 1.165) is 23.4 Å². The van der Waals surface area contributed by atoms with E-state index in [1.54, 1.807) is 0 Å². The van der Waals surface area contributed by atoms with Crippen molar-refractivity contribution in [2.24, 2.45) is 5.92 Å². The van der Waals surface area contributed by atoms with Crippen LogP contribution in [0, 0.1) is 31.1 Å². The molecular formula is C17H26N2O2. The first-order chi connectivity index (χ1) is 9.96. The number of benzene rings is 1. The van der Waals surface area contributed by atoms with Crippen LogP contribution in [0.5, 0.6) is 5.75 Å². The zero-order valence-corrected chi connectivity index (χ0v) is 13.5. The normalized spacial score (nSPS) is 13.8. The Hall–Kier alpha value is -1.57. The first kappa shape index (κ1) is 17.5. The van der Waals surface area contributed by atoms with Gasteiger partial charge in [0.2, 0.25) is 0 Å². The van der Waals surface area contributed by atoms with E-state index < -0.39 is 6.10 Å². The number of nitrogens with zero attached hydrogens (tertiary/aromatic N) is 2. The van der Waals surface area contributed by atoms with E-state index in [2.05, 4.69) is 11.0 Å². The first-order valence-electron chi connectivity index (χ1n) is 7.46. The molecular weight excluding hydrogens is 264 g/mol. The standard InChI is InChI=1S/C17H26N2O2/c1-5-19(10-14(3)9-18)11-16(20)12-21-17-8-13(2)6-7-15(17)4/h6-8,14,16,20H,5,10-12H2,1-4H3. The lowest BCUT2D eigenvalue weighted by Crippen LogP contribution is -2.37. The molecule has 1 aromatic rings. The summed E-state index contributed by atoms with van der Waals surface area (Å²) in [6, 6.07) is 8.26. The van der Waals surface area contributed by atoms with Gasteiger partial charge in [-0.15, -0.1) is 0 Å². The van der Waals surface area contributed by atoms with Gasteiger partial charge in [0.15, 0.2) is 0 Å². The number of rotatable bonds is 8. The van der Waals surface area contributed by atoms with Gasteiger partial charge in [-0.3, -0.25) is 4.90 Å².